The van der Waals surface area contributed by atoms with Crippen LogP contribution in [0.4, 0.5) is 0 Å². The number of hydrogen-bond acceptors (Lipinski definition) is 3. The minimum atomic E-state index is -0.271. The number of hydrogen-bond donors (Lipinski definition) is 2. The van der Waals surface area contributed by atoms with Crippen LogP contribution < -0.4 is 5.32 Å². The molecule has 0 saturated carbocycles. The summed E-state index contributed by atoms with van der Waals surface area (Å²) in [6, 6.07) is 5.30. The van der Waals surface area contributed by atoms with Gasteiger partial charge in [0.15, 0.2) is 0 Å². The number of nitrogens with one attached hydrogen (secondary N) is 1. The first-order valence-electron chi connectivity index (χ1n) is 6.32. The van der Waals surface area contributed by atoms with Crippen LogP contribution >= 0.6 is 15.9 Å². The maximum atomic E-state index is 12.0. The highest BCUT2D eigenvalue weighted by Gasteiger charge is 2.13. The molecule has 0 atom stereocenters. The summed E-state index contributed by atoms with van der Waals surface area (Å²) < 4.78 is 2.34. The summed E-state index contributed by atoms with van der Waals surface area (Å²) in [5.74, 6) is -0.299. The number of phenolic OH excluding ortho intramolecular Hbond substituents is 1. The summed E-state index contributed by atoms with van der Waals surface area (Å²) in [7, 11) is 0. The number of aromatic nitrogens is 2. The Kier molecular flexibility index (Phi) is 4.79. The molecule has 0 aliphatic rings. The highest BCUT2D eigenvalue weighted by atomic mass is 79.9. The van der Waals surface area contributed by atoms with Gasteiger partial charge in [-0.05, 0) is 53.0 Å². The van der Waals surface area contributed by atoms with E-state index in [4.69, 9.17) is 0 Å². The molecular weight excluding hydrogens is 322 g/mol. The van der Waals surface area contributed by atoms with Gasteiger partial charge in [-0.1, -0.05) is 0 Å². The third-order valence-electron chi connectivity index (χ3n) is 2.86. The Bertz CT molecular complexity index is 597. The van der Waals surface area contributed by atoms with Crippen LogP contribution in [0.1, 0.15) is 22.3 Å². The average molecular weight is 338 g/mol. The first kappa shape index (κ1) is 14.6. The summed E-state index contributed by atoms with van der Waals surface area (Å²) in [6.45, 7) is 3.15. The molecule has 6 heteroatoms. The van der Waals surface area contributed by atoms with Gasteiger partial charge in [0.25, 0.3) is 5.91 Å². The normalized spacial score (nSPS) is 10.5. The van der Waals surface area contributed by atoms with Gasteiger partial charge in [0.1, 0.15) is 5.75 Å². The van der Waals surface area contributed by atoms with E-state index in [0.29, 0.717) is 11.0 Å². The Hall–Kier alpha value is -1.82. The fraction of sp³-hybridized carbons (Fsp3) is 0.286. The average Bonchev–Trinajstić information content (AvgIpc) is 2.91. The highest BCUT2D eigenvalue weighted by Crippen LogP contribution is 2.29. The molecule has 0 radical (unpaired) electrons. The second kappa shape index (κ2) is 6.56. The Labute approximate surface area is 125 Å². The third kappa shape index (κ3) is 3.60. The summed E-state index contributed by atoms with van der Waals surface area (Å²) in [5.41, 5.74) is 1.20. The number of rotatable bonds is 5. The number of amides is 1. The second-order valence-corrected chi connectivity index (χ2v) is 5.38. The van der Waals surface area contributed by atoms with E-state index in [2.05, 4.69) is 26.3 Å². The molecule has 0 saturated heterocycles. The van der Waals surface area contributed by atoms with Crippen molar-refractivity contribution in [2.75, 3.05) is 6.54 Å². The van der Waals surface area contributed by atoms with Crippen molar-refractivity contribution in [3.05, 3.63) is 46.2 Å². The van der Waals surface area contributed by atoms with Crippen LogP contribution in [0, 0.1) is 6.92 Å². The van der Waals surface area contributed by atoms with Gasteiger partial charge in [0.2, 0.25) is 0 Å². The van der Waals surface area contributed by atoms with Crippen molar-refractivity contribution in [2.45, 2.75) is 19.9 Å². The van der Waals surface area contributed by atoms with Crippen LogP contribution in [0.2, 0.25) is 0 Å². The van der Waals surface area contributed by atoms with Crippen LogP contribution in [0.15, 0.2) is 35.1 Å². The Balaban J connectivity index is 1.89. The lowest BCUT2D eigenvalue weighted by atomic mass is 10.1. The van der Waals surface area contributed by atoms with Crippen molar-refractivity contribution in [1.82, 2.24) is 15.1 Å². The lowest BCUT2D eigenvalue weighted by Gasteiger charge is -2.09. The fourth-order valence-electron chi connectivity index (χ4n) is 1.88. The zero-order valence-electron chi connectivity index (χ0n) is 11.1. The Morgan fingerprint density at radius 3 is 3.00 bits per heavy atom. The van der Waals surface area contributed by atoms with E-state index < -0.39 is 0 Å². The number of aryl methyl sites for hydroxylation is 2. The molecular formula is C14H16BrN3O2. The highest BCUT2D eigenvalue weighted by molar-refractivity contribution is 9.10. The van der Waals surface area contributed by atoms with Gasteiger partial charge in [-0.2, -0.15) is 5.10 Å². The zero-order chi connectivity index (χ0) is 14.5. The molecule has 1 amide bonds. The van der Waals surface area contributed by atoms with Crippen molar-refractivity contribution in [1.29, 1.82) is 0 Å². The summed E-state index contributed by atoms with van der Waals surface area (Å²) in [4.78, 5) is 12.0. The molecule has 106 valence electrons. The standard InChI is InChI=1S/C14H16BrN3O2/c1-10-8-11(13(19)12(15)9-10)14(20)16-4-2-6-18-7-3-5-17-18/h3,5,7-9,19H,2,4,6H2,1H3,(H,16,20). The van der Waals surface area contributed by atoms with Crippen LogP contribution in [-0.4, -0.2) is 27.3 Å². The van der Waals surface area contributed by atoms with Gasteiger partial charge in [-0.3, -0.25) is 9.48 Å². The lowest BCUT2D eigenvalue weighted by molar-refractivity contribution is 0.0949. The molecule has 0 aliphatic heterocycles. The molecule has 2 rings (SSSR count). The number of aromatic hydroxyl groups is 1. The summed E-state index contributed by atoms with van der Waals surface area (Å²) in [5, 5.41) is 16.8. The summed E-state index contributed by atoms with van der Waals surface area (Å²) >= 11 is 3.23. The maximum Gasteiger partial charge on any atom is 0.255 e. The molecule has 2 aromatic rings. The van der Waals surface area contributed by atoms with E-state index in [9.17, 15) is 9.90 Å². The van der Waals surface area contributed by atoms with E-state index >= 15 is 0 Å². The van der Waals surface area contributed by atoms with Crippen molar-refractivity contribution < 1.29 is 9.90 Å². The number of benzene rings is 1. The third-order valence-corrected chi connectivity index (χ3v) is 3.47. The SMILES string of the molecule is Cc1cc(Br)c(O)c(C(=O)NCCCn2cccn2)c1. The molecule has 0 aliphatic carbocycles. The Morgan fingerprint density at radius 1 is 1.50 bits per heavy atom. The van der Waals surface area contributed by atoms with Crippen molar-refractivity contribution >= 4 is 21.8 Å². The van der Waals surface area contributed by atoms with Crippen molar-refractivity contribution in [3.8, 4) is 5.75 Å². The number of carbonyl (C=O) groups is 1. The van der Waals surface area contributed by atoms with E-state index in [-0.39, 0.29) is 17.2 Å². The number of phenols is 1. The lowest BCUT2D eigenvalue weighted by Crippen LogP contribution is -2.25. The number of nitrogens with zero attached hydrogens (tertiary/aromatic N) is 2. The first-order valence-corrected chi connectivity index (χ1v) is 7.12. The van der Waals surface area contributed by atoms with E-state index in [1.165, 1.54) is 0 Å². The summed E-state index contributed by atoms with van der Waals surface area (Å²) in [6.07, 6.45) is 4.38. The molecule has 1 aromatic heterocycles. The van der Waals surface area contributed by atoms with Gasteiger partial charge in [0.05, 0.1) is 10.0 Å². The van der Waals surface area contributed by atoms with Crippen LogP contribution in [-0.2, 0) is 6.54 Å². The zero-order valence-corrected chi connectivity index (χ0v) is 12.7. The maximum absolute atomic E-state index is 12.0. The van der Waals surface area contributed by atoms with Crippen LogP contribution in [0.3, 0.4) is 0 Å². The Morgan fingerprint density at radius 2 is 2.30 bits per heavy atom. The minimum absolute atomic E-state index is 0.0276. The predicted molar refractivity (Wildman–Crippen MR) is 79.7 cm³/mol. The number of carbonyl (C=O) groups excluding carboxylic acids is 1. The molecule has 1 aromatic carbocycles. The molecule has 1 heterocycles. The van der Waals surface area contributed by atoms with Gasteiger partial charge in [-0.25, -0.2) is 0 Å². The molecule has 2 N–H and O–H groups in total. The quantitative estimate of drug-likeness (QED) is 0.823. The van der Waals surface area contributed by atoms with Gasteiger partial charge < -0.3 is 10.4 Å². The minimum Gasteiger partial charge on any atom is -0.506 e. The van der Waals surface area contributed by atoms with E-state index in [0.717, 1.165) is 18.5 Å². The molecule has 0 spiro atoms. The van der Waals surface area contributed by atoms with Gasteiger partial charge in [0, 0.05) is 25.5 Å². The predicted octanol–water partition coefficient (Wildman–Crippen LogP) is 2.48. The van der Waals surface area contributed by atoms with Crippen molar-refractivity contribution in [2.24, 2.45) is 0 Å². The molecule has 5 nitrogen and oxygen atoms in total. The second-order valence-electron chi connectivity index (χ2n) is 4.52. The van der Waals surface area contributed by atoms with Gasteiger partial charge in [-0.15, -0.1) is 0 Å². The van der Waals surface area contributed by atoms with Gasteiger partial charge >= 0.3 is 0 Å². The molecule has 0 unspecified atom stereocenters. The monoisotopic (exact) mass is 337 g/mol. The van der Waals surface area contributed by atoms with E-state index in [1.807, 2.05) is 23.9 Å². The van der Waals surface area contributed by atoms with Crippen LogP contribution in [0.5, 0.6) is 5.75 Å². The smallest absolute Gasteiger partial charge is 0.255 e. The molecule has 20 heavy (non-hydrogen) atoms. The van der Waals surface area contributed by atoms with Crippen LogP contribution in [0.25, 0.3) is 0 Å². The topological polar surface area (TPSA) is 67.2 Å². The number of halogens is 1. The first-order chi connectivity index (χ1) is 9.58. The molecule has 0 fully saturated rings. The molecule has 0 bridgehead atoms. The van der Waals surface area contributed by atoms with Crippen molar-refractivity contribution in [3.63, 3.8) is 0 Å². The fourth-order valence-corrected chi connectivity index (χ4v) is 2.45. The van der Waals surface area contributed by atoms with E-state index in [1.54, 1.807) is 18.3 Å². The largest absolute Gasteiger partial charge is 0.506 e.